The Hall–Kier alpha value is -2.04. The van der Waals surface area contributed by atoms with Crippen LogP contribution in [0.2, 0.25) is 0 Å². The van der Waals surface area contributed by atoms with Gasteiger partial charge in [0.15, 0.2) is 0 Å². The third kappa shape index (κ3) is 2.41. The zero-order valence-electron chi connectivity index (χ0n) is 11.0. The lowest BCUT2D eigenvalue weighted by molar-refractivity contribution is 0.0742. The molecule has 100 valence electrons. The fourth-order valence-corrected chi connectivity index (χ4v) is 2.29. The highest BCUT2D eigenvalue weighted by Crippen LogP contribution is 2.17. The number of hydrogen-bond acceptors (Lipinski definition) is 3. The summed E-state index contributed by atoms with van der Waals surface area (Å²) in [7, 11) is 1.81. The van der Waals surface area contributed by atoms with Crippen molar-refractivity contribution in [2.45, 2.75) is 26.0 Å². The Bertz CT molecular complexity index is 557. The minimum absolute atomic E-state index is 0.0322. The third-order valence-corrected chi connectivity index (χ3v) is 3.42. The van der Waals surface area contributed by atoms with Crippen LogP contribution < -0.4 is 0 Å². The highest BCUT2D eigenvalue weighted by Gasteiger charge is 2.23. The number of likely N-dealkylation sites (N-methyl/N-ethyl adjacent to an activating group) is 1. The maximum absolute atomic E-state index is 11.9. The molecule has 1 aromatic heterocycles. The number of carbonyl (C=O) groups is 1. The smallest absolute Gasteiger partial charge is 0.271 e. The van der Waals surface area contributed by atoms with Crippen LogP contribution in [-0.2, 0) is 17.9 Å². The van der Waals surface area contributed by atoms with E-state index < -0.39 is 0 Å². The molecule has 1 aromatic rings. The van der Waals surface area contributed by atoms with Crippen LogP contribution in [0, 0.1) is 0 Å². The van der Waals surface area contributed by atoms with E-state index in [1.165, 1.54) is 0 Å². The SMILES string of the molecule is CN1CCn2nc(COC3=CC=CCC3)cc2C1=O. The molecule has 1 aliphatic heterocycles. The first-order valence-electron chi connectivity index (χ1n) is 6.55. The Morgan fingerprint density at radius 2 is 2.32 bits per heavy atom. The molecule has 0 atom stereocenters. The third-order valence-electron chi connectivity index (χ3n) is 3.42. The number of amides is 1. The maximum Gasteiger partial charge on any atom is 0.271 e. The van der Waals surface area contributed by atoms with Gasteiger partial charge in [0.2, 0.25) is 0 Å². The molecule has 2 aliphatic rings. The number of hydrogen-bond donors (Lipinski definition) is 0. The van der Waals surface area contributed by atoms with Gasteiger partial charge in [-0.15, -0.1) is 0 Å². The topological polar surface area (TPSA) is 47.4 Å². The minimum atomic E-state index is 0.0322. The Morgan fingerprint density at radius 1 is 1.42 bits per heavy atom. The Kier molecular flexibility index (Phi) is 3.11. The van der Waals surface area contributed by atoms with Gasteiger partial charge in [-0.1, -0.05) is 12.2 Å². The zero-order chi connectivity index (χ0) is 13.2. The van der Waals surface area contributed by atoms with Crippen molar-refractivity contribution in [3.8, 4) is 0 Å². The summed E-state index contributed by atoms with van der Waals surface area (Å²) in [4.78, 5) is 13.7. The highest BCUT2D eigenvalue weighted by atomic mass is 16.5. The van der Waals surface area contributed by atoms with Gasteiger partial charge in [0.25, 0.3) is 5.91 Å². The summed E-state index contributed by atoms with van der Waals surface area (Å²) in [5.74, 6) is 1.02. The molecule has 0 fully saturated rings. The van der Waals surface area contributed by atoms with E-state index in [4.69, 9.17) is 4.74 Å². The molecule has 0 saturated carbocycles. The van der Waals surface area contributed by atoms with Gasteiger partial charge in [0, 0.05) is 20.0 Å². The van der Waals surface area contributed by atoms with E-state index in [0.29, 0.717) is 18.8 Å². The predicted octanol–water partition coefficient (Wildman–Crippen LogP) is 1.72. The normalized spacial score (nSPS) is 18.3. The summed E-state index contributed by atoms with van der Waals surface area (Å²) in [5.41, 5.74) is 1.47. The molecule has 1 aliphatic carbocycles. The molecular weight excluding hydrogens is 242 g/mol. The van der Waals surface area contributed by atoms with Crippen LogP contribution in [0.15, 0.2) is 30.1 Å². The Balaban J connectivity index is 1.70. The van der Waals surface area contributed by atoms with Gasteiger partial charge in [0.1, 0.15) is 18.0 Å². The lowest BCUT2D eigenvalue weighted by Crippen LogP contribution is -2.37. The van der Waals surface area contributed by atoms with E-state index in [1.807, 2.05) is 25.3 Å². The summed E-state index contributed by atoms with van der Waals surface area (Å²) in [6.07, 6.45) is 8.07. The summed E-state index contributed by atoms with van der Waals surface area (Å²) in [5, 5.41) is 4.42. The summed E-state index contributed by atoms with van der Waals surface area (Å²) in [6, 6.07) is 1.83. The highest BCUT2D eigenvalue weighted by molar-refractivity contribution is 5.93. The first kappa shape index (κ1) is 12.0. The second-order valence-corrected chi connectivity index (χ2v) is 4.86. The van der Waals surface area contributed by atoms with Crippen LogP contribution >= 0.6 is 0 Å². The van der Waals surface area contributed by atoms with Gasteiger partial charge < -0.3 is 9.64 Å². The second-order valence-electron chi connectivity index (χ2n) is 4.86. The van der Waals surface area contributed by atoms with Gasteiger partial charge >= 0.3 is 0 Å². The average Bonchev–Trinajstić information content (AvgIpc) is 2.86. The number of rotatable bonds is 3. The molecule has 0 saturated heterocycles. The molecule has 19 heavy (non-hydrogen) atoms. The van der Waals surface area contributed by atoms with Crippen LogP contribution in [0.4, 0.5) is 0 Å². The van der Waals surface area contributed by atoms with Crippen LogP contribution in [0.25, 0.3) is 0 Å². The monoisotopic (exact) mass is 259 g/mol. The van der Waals surface area contributed by atoms with Gasteiger partial charge in [0.05, 0.1) is 12.3 Å². The van der Waals surface area contributed by atoms with E-state index >= 15 is 0 Å². The number of aromatic nitrogens is 2. The lowest BCUT2D eigenvalue weighted by atomic mass is 10.2. The fourth-order valence-electron chi connectivity index (χ4n) is 2.29. The first-order valence-corrected chi connectivity index (χ1v) is 6.55. The molecule has 0 N–H and O–H groups in total. The van der Waals surface area contributed by atoms with Crippen LogP contribution in [-0.4, -0.2) is 34.2 Å². The lowest BCUT2D eigenvalue weighted by Gasteiger charge is -2.22. The maximum atomic E-state index is 11.9. The largest absolute Gasteiger partial charge is 0.492 e. The number of ether oxygens (including phenoxy) is 1. The molecular formula is C14H17N3O2. The van der Waals surface area contributed by atoms with E-state index in [2.05, 4.69) is 11.2 Å². The van der Waals surface area contributed by atoms with Crippen molar-refractivity contribution in [1.82, 2.24) is 14.7 Å². The first-order chi connectivity index (χ1) is 9.24. The number of nitrogens with zero attached hydrogens (tertiary/aromatic N) is 3. The number of fused-ring (bicyclic) bond motifs is 1. The number of allylic oxidation sites excluding steroid dienone is 4. The van der Waals surface area contributed by atoms with Crippen LogP contribution in [0.5, 0.6) is 0 Å². The molecule has 0 unspecified atom stereocenters. The average molecular weight is 259 g/mol. The molecule has 5 nitrogen and oxygen atoms in total. The molecule has 3 rings (SSSR count). The number of carbonyl (C=O) groups excluding carboxylic acids is 1. The molecule has 0 spiro atoms. The quantitative estimate of drug-likeness (QED) is 0.830. The summed E-state index contributed by atoms with van der Waals surface area (Å²) in [6.45, 7) is 1.89. The van der Waals surface area contributed by atoms with Crippen molar-refractivity contribution in [3.05, 3.63) is 41.4 Å². The van der Waals surface area contributed by atoms with E-state index in [-0.39, 0.29) is 5.91 Å². The van der Waals surface area contributed by atoms with Crippen LogP contribution in [0.3, 0.4) is 0 Å². The summed E-state index contributed by atoms with van der Waals surface area (Å²) >= 11 is 0. The fraction of sp³-hybridized carbons (Fsp3) is 0.429. The predicted molar refractivity (Wildman–Crippen MR) is 70.4 cm³/mol. The molecule has 2 heterocycles. The minimum Gasteiger partial charge on any atom is -0.492 e. The Labute approximate surface area is 112 Å². The molecule has 5 heteroatoms. The van der Waals surface area contributed by atoms with Gasteiger partial charge in [-0.25, -0.2) is 0 Å². The van der Waals surface area contributed by atoms with Gasteiger partial charge in [-0.2, -0.15) is 5.10 Å². The van der Waals surface area contributed by atoms with E-state index in [9.17, 15) is 4.79 Å². The van der Waals surface area contributed by atoms with Gasteiger partial charge in [-0.05, 0) is 18.6 Å². The standard InChI is InChI=1S/C14H17N3O2/c1-16-7-8-17-13(14(16)18)9-11(15-17)10-19-12-5-3-2-4-6-12/h2-3,5,9H,4,6-8,10H2,1H3. The molecule has 0 aromatic carbocycles. The van der Waals surface area contributed by atoms with Crippen molar-refractivity contribution in [2.75, 3.05) is 13.6 Å². The molecule has 0 bridgehead atoms. The molecule has 1 amide bonds. The Morgan fingerprint density at radius 3 is 3.11 bits per heavy atom. The van der Waals surface area contributed by atoms with E-state index in [1.54, 1.807) is 9.58 Å². The van der Waals surface area contributed by atoms with Crippen molar-refractivity contribution in [2.24, 2.45) is 0 Å². The molecule has 0 radical (unpaired) electrons. The zero-order valence-corrected chi connectivity index (χ0v) is 11.0. The van der Waals surface area contributed by atoms with Crippen molar-refractivity contribution in [1.29, 1.82) is 0 Å². The van der Waals surface area contributed by atoms with E-state index in [0.717, 1.165) is 30.8 Å². The van der Waals surface area contributed by atoms with Crippen molar-refractivity contribution >= 4 is 5.91 Å². The van der Waals surface area contributed by atoms with Crippen LogP contribution in [0.1, 0.15) is 29.0 Å². The van der Waals surface area contributed by atoms with Crippen molar-refractivity contribution in [3.63, 3.8) is 0 Å². The summed E-state index contributed by atoms with van der Waals surface area (Å²) < 4.78 is 7.49. The second kappa shape index (κ2) is 4.91. The van der Waals surface area contributed by atoms with Crippen molar-refractivity contribution < 1.29 is 9.53 Å². The van der Waals surface area contributed by atoms with Gasteiger partial charge in [-0.3, -0.25) is 9.48 Å².